The summed E-state index contributed by atoms with van der Waals surface area (Å²) < 4.78 is 5.05. The van der Waals surface area contributed by atoms with Gasteiger partial charge in [0.05, 0.1) is 19.3 Å². The third kappa shape index (κ3) is 2.44. The van der Waals surface area contributed by atoms with Crippen molar-refractivity contribution >= 4 is 12.0 Å². The zero-order valence-corrected chi connectivity index (χ0v) is 9.10. The average Bonchev–Trinajstić information content (AvgIpc) is 2.72. The standard InChI is InChI=1S/C10H16N2O4/c1-5-2-7(5)11-10(15)12-8-4-16-3-6(8)9(13)14/h5-8H,2-4H2,1H3,(H,13,14)(H2,11,12,15). The molecule has 90 valence electrons. The van der Waals surface area contributed by atoms with Crippen molar-refractivity contribution in [2.75, 3.05) is 13.2 Å². The summed E-state index contributed by atoms with van der Waals surface area (Å²) in [4.78, 5) is 22.3. The van der Waals surface area contributed by atoms with Crippen molar-refractivity contribution in [3.63, 3.8) is 0 Å². The van der Waals surface area contributed by atoms with Crippen molar-refractivity contribution in [3.05, 3.63) is 0 Å². The molecule has 0 spiro atoms. The molecular formula is C10H16N2O4. The largest absolute Gasteiger partial charge is 0.481 e. The van der Waals surface area contributed by atoms with Gasteiger partial charge < -0.3 is 20.5 Å². The van der Waals surface area contributed by atoms with Crippen LogP contribution in [0, 0.1) is 11.8 Å². The lowest BCUT2D eigenvalue weighted by atomic mass is 10.0. The SMILES string of the molecule is CC1CC1NC(=O)NC1COCC1C(=O)O. The van der Waals surface area contributed by atoms with Gasteiger partial charge in [-0.2, -0.15) is 0 Å². The average molecular weight is 228 g/mol. The van der Waals surface area contributed by atoms with Gasteiger partial charge in [0.2, 0.25) is 0 Å². The first-order valence-corrected chi connectivity index (χ1v) is 5.45. The summed E-state index contributed by atoms with van der Waals surface area (Å²) in [6.45, 7) is 2.49. The fraction of sp³-hybridized carbons (Fsp3) is 0.800. The maximum atomic E-state index is 11.5. The minimum Gasteiger partial charge on any atom is -0.481 e. The zero-order chi connectivity index (χ0) is 11.7. The van der Waals surface area contributed by atoms with Crippen LogP contribution in [-0.4, -0.2) is 42.4 Å². The molecule has 3 N–H and O–H groups in total. The Morgan fingerprint density at radius 1 is 1.25 bits per heavy atom. The molecule has 0 aromatic rings. The van der Waals surface area contributed by atoms with E-state index in [1.165, 1.54) is 0 Å². The van der Waals surface area contributed by atoms with Crippen LogP contribution in [-0.2, 0) is 9.53 Å². The van der Waals surface area contributed by atoms with E-state index < -0.39 is 17.9 Å². The highest BCUT2D eigenvalue weighted by Crippen LogP contribution is 2.28. The van der Waals surface area contributed by atoms with E-state index in [-0.39, 0.29) is 25.3 Å². The van der Waals surface area contributed by atoms with Crippen LogP contribution in [0.25, 0.3) is 0 Å². The Labute approximate surface area is 93.3 Å². The van der Waals surface area contributed by atoms with Crippen LogP contribution in [0.4, 0.5) is 4.79 Å². The van der Waals surface area contributed by atoms with E-state index >= 15 is 0 Å². The molecule has 0 radical (unpaired) electrons. The maximum Gasteiger partial charge on any atom is 0.315 e. The number of aliphatic carboxylic acids is 1. The van der Waals surface area contributed by atoms with Crippen LogP contribution in [0.2, 0.25) is 0 Å². The molecule has 0 aromatic heterocycles. The quantitative estimate of drug-likeness (QED) is 0.624. The number of carbonyl (C=O) groups is 2. The third-order valence-electron chi connectivity index (χ3n) is 3.14. The van der Waals surface area contributed by atoms with Crippen LogP contribution in [0.5, 0.6) is 0 Å². The van der Waals surface area contributed by atoms with Crippen molar-refractivity contribution in [2.45, 2.75) is 25.4 Å². The van der Waals surface area contributed by atoms with Gasteiger partial charge in [-0.1, -0.05) is 6.92 Å². The number of rotatable bonds is 3. The van der Waals surface area contributed by atoms with E-state index in [0.29, 0.717) is 5.92 Å². The molecule has 2 fully saturated rings. The zero-order valence-electron chi connectivity index (χ0n) is 9.10. The summed E-state index contributed by atoms with van der Waals surface area (Å²) in [5, 5.41) is 14.3. The van der Waals surface area contributed by atoms with Gasteiger partial charge in [-0.05, 0) is 12.3 Å². The summed E-state index contributed by atoms with van der Waals surface area (Å²) in [6, 6.07) is -0.478. The normalized spacial score (nSPS) is 36.8. The molecular weight excluding hydrogens is 212 g/mol. The van der Waals surface area contributed by atoms with Gasteiger partial charge in [0.25, 0.3) is 0 Å². The Bertz CT molecular complexity index is 307. The number of hydrogen-bond acceptors (Lipinski definition) is 3. The predicted octanol–water partition coefficient (Wildman–Crippen LogP) is -0.206. The molecule has 4 unspecified atom stereocenters. The second-order valence-corrected chi connectivity index (χ2v) is 4.53. The Kier molecular flexibility index (Phi) is 3.00. The Morgan fingerprint density at radius 3 is 2.44 bits per heavy atom. The maximum absolute atomic E-state index is 11.5. The molecule has 1 saturated heterocycles. The van der Waals surface area contributed by atoms with Crippen molar-refractivity contribution < 1.29 is 19.4 Å². The molecule has 4 atom stereocenters. The van der Waals surface area contributed by atoms with E-state index in [0.717, 1.165) is 6.42 Å². The topological polar surface area (TPSA) is 87.7 Å². The lowest BCUT2D eigenvalue weighted by molar-refractivity contribution is -0.142. The lowest BCUT2D eigenvalue weighted by Gasteiger charge is -2.16. The van der Waals surface area contributed by atoms with Crippen molar-refractivity contribution in [1.82, 2.24) is 10.6 Å². The highest BCUT2D eigenvalue weighted by molar-refractivity contribution is 5.77. The van der Waals surface area contributed by atoms with E-state index in [1.54, 1.807) is 0 Å². The highest BCUT2D eigenvalue weighted by Gasteiger charge is 2.37. The number of carboxylic acid groups (broad SMARTS) is 1. The van der Waals surface area contributed by atoms with Crippen molar-refractivity contribution in [3.8, 4) is 0 Å². The first-order valence-electron chi connectivity index (χ1n) is 5.45. The van der Waals surface area contributed by atoms with Gasteiger partial charge >= 0.3 is 12.0 Å². The second-order valence-electron chi connectivity index (χ2n) is 4.53. The molecule has 1 saturated carbocycles. The molecule has 1 aliphatic heterocycles. The minimum absolute atomic E-state index is 0.167. The first-order chi connectivity index (χ1) is 7.58. The molecule has 0 bridgehead atoms. The highest BCUT2D eigenvalue weighted by atomic mass is 16.5. The minimum atomic E-state index is -0.928. The molecule has 6 nitrogen and oxygen atoms in total. The van der Waals surface area contributed by atoms with Crippen LogP contribution in [0.15, 0.2) is 0 Å². The molecule has 1 aliphatic carbocycles. The number of carbonyl (C=O) groups excluding carboxylic acids is 1. The molecule has 2 amide bonds. The number of ether oxygens (including phenoxy) is 1. The number of hydrogen-bond donors (Lipinski definition) is 3. The van der Waals surface area contributed by atoms with Crippen LogP contribution in [0.1, 0.15) is 13.3 Å². The van der Waals surface area contributed by atoms with E-state index in [2.05, 4.69) is 17.6 Å². The van der Waals surface area contributed by atoms with Crippen LogP contribution >= 0.6 is 0 Å². The third-order valence-corrected chi connectivity index (χ3v) is 3.14. The number of carboxylic acids is 1. The Balaban J connectivity index is 1.79. The fourth-order valence-corrected chi connectivity index (χ4v) is 1.84. The van der Waals surface area contributed by atoms with Gasteiger partial charge in [-0.3, -0.25) is 4.79 Å². The fourth-order valence-electron chi connectivity index (χ4n) is 1.84. The molecule has 2 rings (SSSR count). The summed E-state index contributed by atoms with van der Waals surface area (Å²) in [5.74, 6) is -1.04. The van der Waals surface area contributed by atoms with Crippen molar-refractivity contribution in [1.29, 1.82) is 0 Å². The first kappa shape index (κ1) is 11.2. The van der Waals surface area contributed by atoms with Crippen molar-refractivity contribution in [2.24, 2.45) is 11.8 Å². The number of nitrogens with one attached hydrogen (secondary N) is 2. The molecule has 16 heavy (non-hydrogen) atoms. The smallest absolute Gasteiger partial charge is 0.315 e. The lowest BCUT2D eigenvalue weighted by Crippen LogP contribution is -2.47. The Hall–Kier alpha value is -1.30. The monoisotopic (exact) mass is 228 g/mol. The summed E-state index contributed by atoms with van der Waals surface area (Å²) in [7, 11) is 0. The molecule has 2 aliphatic rings. The van der Waals surface area contributed by atoms with E-state index in [4.69, 9.17) is 9.84 Å². The number of amides is 2. The van der Waals surface area contributed by atoms with Gasteiger partial charge in [0, 0.05) is 6.04 Å². The van der Waals surface area contributed by atoms with Gasteiger partial charge in [-0.25, -0.2) is 4.79 Å². The second kappa shape index (κ2) is 4.29. The van der Waals surface area contributed by atoms with Gasteiger partial charge in [0.15, 0.2) is 0 Å². The summed E-state index contributed by atoms with van der Waals surface area (Å²) >= 11 is 0. The van der Waals surface area contributed by atoms with Gasteiger partial charge in [0.1, 0.15) is 5.92 Å². The Morgan fingerprint density at radius 2 is 1.88 bits per heavy atom. The predicted molar refractivity (Wildman–Crippen MR) is 55.0 cm³/mol. The van der Waals surface area contributed by atoms with E-state index in [1.807, 2.05) is 0 Å². The molecule has 0 aromatic carbocycles. The molecule has 1 heterocycles. The van der Waals surface area contributed by atoms with Gasteiger partial charge in [-0.15, -0.1) is 0 Å². The summed E-state index contributed by atoms with van der Waals surface area (Å²) in [5.41, 5.74) is 0. The summed E-state index contributed by atoms with van der Waals surface area (Å²) in [6.07, 6.45) is 0.997. The van der Waals surface area contributed by atoms with Crippen LogP contribution in [0.3, 0.4) is 0 Å². The van der Waals surface area contributed by atoms with E-state index in [9.17, 15) is 9.59 Å². The number of urea groups is 1. The van der Waals surface area contributed by atoms with Crippen LogP contribution < -0.4 is 10.6 Å². The molecule has 6 heteroatoms.